The molecule has 0 N–H and O–H groups in total. The van der Waals surface area contributed by atoms with Gasteiger partial charge in [-0.25, -0.2) is 0 Å². The number of rotatable bonds is 4. The van der Waals surface area contributed by atoms with E-state index in [-0.39, 0.29) is 5.04 Å². The second kappa shape index (κ2) is 7.86. The van der Waals surface area contributed by atoms with Gasteiger partial charge in [0.05, 0.1) is 9.52 Å². The molecule has 0 saturated heterocycles. The molecule has 0 bridgehead atoms. The third-order valence-electron chi connectivity index (χ3n) is 7.59. The maximum absolute atomic E-state index is 2.59. The molecule has 33 heavy (non-hydrogen) atoms. The molecule has 0 radical (unpaired) electrons. The van der Waals surface area contributed by atoms with E-state index in [1.54, 1.807) is 5.57 Å². The Morgan fingerprint density at radius 1 is 0.636 bits per heavy atom. The van der Waals surface area contributed by atoms with Crippen molar-refractivity contribution in [1.82, 2.24) is 0 Å². The minimum Gasteiger partial charge on any atom is -0.0691 e. The van der Waals surface area contributed by atoms with Crippen LogP contribution in [0, 0.1) is 0 Å². The van der Waals surface area contributed by atoms with E-state index in [1.807, 2.05) is 0 Å². The lowest BCUT2D eigenvalue weighted by atomic mass is 9.98. The Labute approximate surface area is 199 Å². The summed E-state index contributed by atoms with van der Waals surface area (Å²) in [5.41, 5.74) is 13.5. The molecule has 0 aliphatic heterocycles. The normalized spacial score (nSPS) is 21.4. The first-order valence-corrected chi connectivity index (χ1v) is 13.4. The molecule has 0 amide bonds. The van der Waals surface area contributed by atoms with Gasteiger partial charge in [-0.05, 0) is 57.0 Å². The quantitative estimate of drug-likeness (QED) is 0.297. The van der Waals surface area contributed by atoms with Crippen LogP contribution < -0.4 is 0 Å². The fourth-order valence-electron chi connectivity index (χ4n) is 6.04. The highest BCUT2D eigenvalue weighted by molar-refractivity contribution is 6.46. The summed E-state index contributed by atoms with van der Waals surface area (Å²) in [6.07, 6.45) is 2.59. The molecule has 0 heterocycles. The monoisotopic (exact) mass is 440 g/mol. The zero-order valence-electron chi connectivity index (χ0n) is 19.3. The van der Waals surface area contributed by atoms with Gasteiger partial charge in [0.15, 0.2) is 0 Å². The summed E-state index contributed by atoms with van der Waals surface area (Å²) in [6.45, 7) is 4.87. The smallest absolute Gasteiger partial charge is 0.0506 e. The summed E-state index contributed by atoms with van der Waals surface area (Å²) in [6, 6.07) is 40.1. The van der Waals surface area contributed by atoms with E-state index in [9.17, 15) is 0 Å². The highest BCUT2D eigenvalue weighted by Crippen LogP contribution is 2.49. The highest BCUT2D eigenvalue weighted by Gasteiger charge is 2.40. The Morgan fingerprint density at radius 3 is 1.94 bits per heavy atom. The van der Waals surface area contributed by atoms with Crippen LogP contribution in [0.3, 0.4) is 0 Å². The van der Waals surface area contributed by atoms with E-state index in [4.69, 9.17) is 0 Å². The average molecular weight is 441 g/mol. The summed E-state index contributed by atoms with van der Waals surface area (Å²) < 4.78 is 0. The summed E-state index contributed by atoms with van der Waals surface area (Å²) in [5.74, 6) is 0. The molecule has 6 rings (SSSR count). The summed E-state index contributed by atoms with van der Waals surface area (Å²) in [4.78, 5) is 0. The van der Waals surface area contributed by atoms with Gasteiger partial charge in [0, 0.05) is 5.04 Å². The minimum atomic E-state index is -0.605. The summed E-state index contributed by atoms with van der Waals surface area (Å²) >= 11 is 0. The molecule has 1 heteroatoms. The van der Waals surface area contributed by atoms with Crippen molar-refractivity contribution in [3.05, 3.63) is 154 Å². The first-order chi connectivity index (χ1) is 16.2. The SMILES string of the molecule is CC1=C(c2ccccc2)c2ccccc2C1[SiH2]C1(C)C=C(c2ccccc2)c2ccccc21. The lowest BCUT2D eigenvalue weighted by Gasteiger charge is -2.28. The minimum absolute atomic E-state index is 0.118. The van der Waals surface area contributed by atoms with Crippen molar-refractivity contribution in [2.24, 2.45) is 0 Å². The van der Waals surface area contributed by atoms with Crippen LogP contribution in [-0.4, -0.2) is 9.52 Å². The molecule has 2 aliphatic carbocycles. The van der Waals surface area contributed by atoms with Crippen molar-refractivity contribution >= 4 is 20.7 Å². The molecule has 0 aromatic heterocycles. The van der Waals surface area contributed by atoms with Gasteiger partial charge in [0.2, 0.25) is 0 Å². The fraction of sp³-hybridized carbons (Fsp3) is 0.125. The van der Waals surface area contributed by atoms with E-state index >= 15 is 0 Å². The highest BCUT2D eigenvalue weighted by atomic mass is 28.2. The second-order valence-electron chi connectivity index (χ2n) is 9.66. The molecule has 4 aromatic rings. The number of fused-ring (bicyclic) bond motifs is 2. The molecule has 2 unspecified atom stereocenters. The summed E-state index contributed by atoms with van der Waals surface area (Å²) in [7, 11) is -0.605. The van der Waals surface area contributed by atoms with Gasteiger partial charge in [0.1, 0.15) is 0 Å². The predicted octanol–water partition coefficient (Wildman–Crippen LogP) is 7.09. The Hall–Kier alpha value is -3.42. The lowest BCUT2D eigenvalue weighted by molar-refractivity contribution is 0.840. The fourth-order valence-corrected chi connectivity index (χ4v) is 8.82. The lowest BCUT2D eigenvalue weighted by Crippen LogP contribution is -2.30. The van der Waals surface area contributed by atoms with E-state index in [0.717, 1.165) is 0 Å². The van der Waals surface area contributed by atoms with Crippen LogP contribution in [0.1, 0.15) is 52.8 Å². The van der Waals surface area contributed by atoms with Gasteiger partial charge >= 0.3 is 0 Å². The van der Waals surface area contributed by atoms with Crippen molar-refractivity contribution < 1.29 is 0 Å². The van der Waals surface area contributed by atoms with Crippen LogP contribution in [0.5, 0.6) is 0 Å². The van der Waals surface area contributed by atoms with Gasteiger partial charge in [0.25, 0.3) is 0 Å². The molecule has 2 aliphatic rings. The van der Waals surface area contributed by atoms with Crippen LogP contribution in [0.15, 0.2) is 121 Å². The standard InChI is InChI=1S/C32H28Si/c1-22-30(24-15-7-4-8-16-24)26-18-9-10-19-27(26)31(22)33-32(2)21-28(23-13-5-3-6-14-23)25-17-11-12-20-29(25)32/h3-21,31H,33H2,1-2H3. The van der Waals surface area contributed by atoms with Crippen LogP contribution in [0.2, 0.25) is 0 Å². The first kappa shape index (κ1) is 20.2. The van der Waals surface area contributed by atoms with Crippen molar-refractivity contribution in [3.8, 4) is 0 Å². The predicted molar refractivity (Wildman–Crippen MR) is 143 cm³/mol. The number of hydrogen-bond acceptors (Lipinski definition) is 0. The second-order valence-corrected chi connectivity index (χ2v) is 12.3. The Kier molecular flexibility index (Phi) is 4.81. The first-order valence-electron chi connectivity index (χ1n) is 11.9. The van der Waals surface area contributed by atoms with Gasteiger partial charge in [-0.2, -0.15) is 0 Å². The van der Waals surface area contributed by atoms with Crippen molar-refractivity contribution in [3.63, 3.8) is 0 Å². The molecule has 160 valence electrons. The van der Waals surface area contributed by atoms with E-state index in [2.05, 4.69) is 129 Å². The maximum Gasteiger partial charge on any atom is 0.0506 e. The zero-order valence-corrected chi connectivity index (χ0v) is 20.7. The third-order valence-corrected chi connectivity index (χ3v) is 10.5. The molecular weight excluding hydrogens is 412 g/mol. The Bertz CT molecular complexity index is 1390. The third kappa shape index (κ3) is 3.27. The van der Waals surface area contributed by atoms with Gasteiger partial charge in [-0.1, -0.05) is 128 Å². The van der Waals surface area contributed by atoms with E-state index in [1.165, 1.54) is 44.5 Å². The van der Waals surface area contributed by atoms with Crippen LogP contribution in [-0.2, 0) is 5.04 Å². The van der Waals surface area contributed by atoms with Gasteiger partial charge < -0.3 is 0 Å². The van der Waals surface area contributed by atoms with Crippen LogP contribution in [0.25, 0.3) is 11.1 Å². The number of hydrogen-bond donors (Lipinski definition) is 0. The topological polar surface area (TPSA) is 0 Å². The van der Waals surface area contributed by atoms with Crippen LogP contribution in [0.4, 0.5) is 0 Å². The number of allylic oxidation sites excluding steroid dienone is 2. The largest absolute Gasteiger partial charge is 0.0691 e. The van der Waals surface area contributed by atoms with Gasteiger partial charge in [-0.3, -0.25) is 0 Å². The maximum atomic E-state index is 2.59. The summed E-state index contributed by atoms with van der Waals surface area (Å²) in [5, 5.41) is 0.118. The Morgan fingerprint density at radius 2 is 1.21 bits per heavy atom. The zero-order chi connectivity index (χ0) is 22.4. The molecule has 0 fully saturated rings. The molecule has 0 nitrogen and oxygen atoms in total. The van der Waals surface area contributed by atoms with Gasteiger partial charge in [-0.15, -0.1) is 0 Å². The molecule has 4 aromatic carbocycles. The molecule has 2 atom stereocenters. The number of benzene rings is 4. The molecular formula is C32H28Si. The van der Waals surface area contributed by atoms with Crippen molar-refractivity contribution in [2.45, 2.75) is 24.4 Å². The Balaban J connectivity index is 1.48. The van der Waals surface area contributed by atoms with E-state index < -0.39 is 9.52 Å². The van der Waals surface area contributed by atoms with Crippen molar-refractivity contribution in [2.75, 3.05) is 0 Å². The molecule has 0 saturated carbocycles. The average Bonchev–Trinajstić information content (AvgIpc) is 3.32. The van der Waals surface area contributed by atoms with E-state index in [0.29, 0.717) is 5.54 Å². The molecule has 0 spiro atoms. The van der Waals surface area contributed by atoms with Crippen molar-refractivity contribution in [1.29, 1.82) is 0 Å². The van der Waals surface area contributed by atoms with Crippen LogP contribution >= 0.6 is 0 Å².